The summed E-state index contributed by atoms with van der Waals surface area (Å²) in [4.78, 5) is 0. The van der Waals surface area contributed by atoms with Crippen LogP contribution in [0.2, 0.25) is 0 Å². The Kier molecular flexibility index (Phi) is 4.15. The molecule has 3 aromatic carbocycles. The first kappa shape index (κ1) is 17.5. The molecule has 0 bridgehead atoms. The van der Waals surface area contributed by atoms with Gasteiger partial charge >= 0.3 is 0 Å². The summed E-state index contributed by atoms with van der Waals surface area (Å²) in [5.41, 5.74) is 9.41. The van der Waals surface area contributed by atoms with Gasteiger partial charge < -0.3 is 0 Å². The fourth-order valence-electron chi connectivity index (χ4n) is 4.48. The Morgan fingerprint density at radius 2 is 1.70 bits per heavy atom. The molecule has 0 saturated heterocycles. The highest BCUT2D eigenvalue weighted by atomic mass is 14.4. The highest BCUT2D eigenvalue weighted by Gasteiger charge is 2.37. The summed E-state index contributed by atoms with van der Waals surface area (Å²) < 4.78 is 0. The maximum atomic E-state index is 3.92. The van der Waals surface area contributed by atoms with E-state index in [2.05, 4.69) is 101 Å². The van der Waals surface area contributed by atoms with Crippen LogP contribution in [0, 0.1) is 6.92 Å². The van der Waals surface area contributed by atoms with Crippen molar-refractivity contribution in [1.82, 2.24) is 0 Å². The molecule has 0 heterocycles. The molecular weight excluding hydrogens is 324 g/mol. The third-order valence-electron chi connectivity index (χ3n) is 5.79. The molecule has 0 fully saturated rings. The summed E-state index contributed by atoms with van der Waals surface area (Å²) >= 11 is 0. The van der Waals surface area contributed by atoms with Crippen LogP contribution in [0.3, 0.4) is 0 Å². The quantitative estimate of drug-likeness (QED) is 0.427. The average molecular weight is 351 g/mol. The Labute approximate surface area is 162 Å². The topological polar surface area (TPSA) is 0 Å². The second-order valence-electron chi connectivity index (χ2n) is 7.92. The predicted octanol–water partition coefficient (Wildman–Crippen LogP) is 7.60. The minimum Gasteiger partial charge on any atom is -0.0990 e. The van der Waals surface area contributed by atoms with E-state index < -0.39 is 0 Å². The van der Waals surface area contributed by atoms with E-state index >= 15 is 0 Å². The number of aryl methyl sites for hydroxylation is 1. The average Bonchev–Trinajstić information content (AvgIpc) is 2.88. The van der Waals surface area contributed by atoms with E-state index in [0.717, 1.165) is 0 Å². The zero-order valence-electron chi connectivity index (χ0n) is 16.6. The lowest BCUT2D eigenvalue weighted by Crippen LogP contribution is -2.15. The highest BCUT2D eigenvalue weighted by Crippen LogP contribution is 2.52. The van der Waals surface area contributed by atoms with E-state index in [1.807, 2.05) is 6.08 Å². The van der Waals surface area contributed by atoms with Gasteiger partial charge in [0, 0.05) is 5.41 Å². The molecule has 1 aliphatic rings. The molecule has 134 valence electrons. The SMILES string of the molecule is C=C/C=C(\C=C/C)c1cc2c(c3ccccc13)-c1ccc(C)cc1C2(C)C. The molecule has 4 rings (SSSR count). The normalized spacial score (nSPS) is 15.2. The molecule has 1 aliphatic carbocycles. The van der Waals surface area contributed by atoms with Crippen molar-refractivity contribution >= 4 is 16.3 Å². The summed E-state index contributed by atoms with van der Waals surface area (Å²) in [6, 6.07) is 18.1. The molecular formula is C27H26. The van der Waals surface area contributed by atoms with Crippen molar-refractivity contribution in [2.75, 3.05) is 0 Å². The first-order chi connectivity index (χ1) is 13.0. The van der Waals surface area contributed by atoms with Crippen LogP contribution in [0.5, 0.6) is 0 Å². The van der Waals surface area contributed by atoms with Crippen LogP contribution in [-0.4, -0.2) is 0 Å². The summed E-state index contributed by atoms with van der Waals surface area (Å²) in [5, 5.41) is 2.63. The summed E-state index contributed by atoms with van der Waals surface area (Å²) in [6.45, 7) is 12.9. The lowest BCUT2D eigenvalue weighted by Gasteiger charge is -2.23. The predicted molar refractivity (Wildman–Crippen MR) is 119 cm³/mol. The molecule has 0 saturated carbocycles. The second kappa shape index (κ2) is 6.39. The van der Waals surface area contributed by atoms with Gasteiger partial charge in [-0.25, -0.2) is 0 Å². The Bertz CT molecular complexity index is 1120. The van der Waals surface area contributed by atoms with Gasteiger partial charge in [-0.05, 0) is 64.1 Å². The summed E-state index contributed by atoms with van der Waals surface area (Å²) in [6.07, 6.45) is 8.25. The van der Waals surface area contributed by atoms with Crippen LogP contribution in [0.15, 0.2) is 79.4 Å². The van der Waals surface area contributed by atoms with Crippen molar-refractivity contribution in [2.24, 2.45) is 0 Å². The monoisotopic (exact) mass is 350 g/mol. The van der Waals surface area contributed by atoms with E-state index in [1.54, 1.807) is 0 Å². The molecule has 3 aromatic rings. The molecule has 0 unspecified atom stereocenters. The van der Waals surface area contributed by atoms with Crippen LogP contribution < -0.4 is 0 Å². The molecule has 0 atom stereocenters. The van der Waals surface area contributed by atoms with Crippen molar-refractivity contribution < 1.29 is 0 Å². The fourth-order valence-corrected chi connectivity index (χ4v) is 4.48. The van der Waals surface area contributed by atoms with Gasteiger partial charge in [0.05, 0.1) is 0 Å². The van der Waals surface area contributed by atoms with Crippen LogP contribution >= 0.6 is 0 Å². The number of hydrogen-bond acceptors (Lipinski definition) is 0. The van der Waals surface area contributed by atoms with Crippen LogP contribution in [0.4, 0.5) is 0 Å². The number of hydrogen-bond donors (Lipinski definition) is 0. The molecule has 0 aliphatic heterocycles. The van der Waals surface area contributed by atoms with Gasteiger partial charge in [-0.3, -0.25) is 0 Å². The van der Waals surface area contributed by atoms with E-state index in [1.165, 1.54) is 49.7 Å². The first-order valence-electron chi connectivity index (χ1n) is 9.62. The minimum absolute atomic E-state index is 0.00924. The van der Waals surface area contributed by atoms with Crippen molar-refractivity contribution in [2.45, 2.75) is 33.1 Å². The van der Waals surface area contributed by atoms with Gasteiger partial charge in [0.1, 0.15) is 0 Å². The number of rotatable bonds is 3. The van der Waals surface area contributed by atoms with Crippen LogP contribution in [-0.2, 0) is 5.41 Å². The van der Waals surface area contributed by atoms with Gasteiger partial charge in [-0.15, -0.1) is 0 Å². The van der Waals surface area contributed by atoms with Gasteiger partial charge in [-0.1, -0.05) is 92.8 Å². The molecule has 0 N–H and O–H groups in total. The van der Waals surface area contributed by atoms with Crippen LogP contribution in [0.1, 0.15) is 43.0 Å². The molecule has 27 heavy (non-hydrogen) atoms. The van der Waals surface area contributed by atoms with Gasteiger partial charge in [0.15, 0.2) is 0 Å². The Morgan fingerprint density at radius 1 is 0.963 bits per heavy atom. The minimum atomic E-state index is -0.00924. The van der Waals surface area contributed by atoms with Gasteiger partial charge in [0.2, 0.25) is 0 Å². The maximum absolute atomic E-state index is 3.92. The Balaban J connectivity index is 2.15. The molecule has 0 radical (unpaired) electrons. The third-order valence-corrected chi connectivity index (χ3v) is 5.79. The maximum Gasteiger partial charge on any atom is 0.0159 e. The van der Waals surface area contributed by atoms with Gasteiger partial charge in [-0.2, -0.15) is 0 Å². The molecule has 0 amide bonds. The summed E-state index contributed by atoms with van der Waals surface area (Å²) in [7, 11) is 0. The lowest BCUT2D eigenvalue weighted by atomic mass is 9.80. The van der Waals surface area contributed by atoms with Gasteiger partial charge in [0.25, 0.3) is 0 Å². The van der Waals surface area contributed by atoms with Crippen molar-refractivity contribution in [3.05, 3.63) is 102 Å². The van der Waals surface area contributed by atoms with E-state index in [4.69, 9.17) is 0 Å². The zero-order valence-corrected chi connectivity index (χ0v) is 16.6. The summed E-state index contributed by atoms with van der Waals surface area (Å²) in [5.74, 6) is 0. The van der Waals surface area contributed by atoms with E-state index in [0.29, 0.717) is 0 Å². The standard InChI is InChI=1S/C27H26/c1-6-10-19(11-7-2)23-17-25-26(21-13-9-8-12-20(21)23)22-15-14-18(3)16-24(22)27(25,4)5/h6-17H,1H2,2-5H3/b11-7-,19-10+. The molecule has 0 aromatic heterocycles. The second-order valence-corrected chi connectivity index (χ2v) is 7.92. The zero-order chi connectivity index (χ0) is 19.2. The molecule has 0 nitrogen and oxygen atoms in total. The Hall–Kier alpha value is -2.86. The number of allylic oxidation sites excluding steroid dienone is 5. The fraction of sp³-hybridized carbons (Fsp3) is 0.185. The van der Waals surface area contributed by atoms with Crippen molar-refractivity contribution in [1.29, 1.82) is 0 Å². The van der Waals surface area contributed by atoms with Crippen molar-refractivity contribution in [3.8, 4) is 11.1 Å². The van der Waals surface area contributed by atoms with E-state index in [9.17, 15) is 0 Å². The molecule has 0 heteroatoms. The largest absolute Gasteiger partial charge is 0.0990 e. The third kappa shape index (κ3) is 2.59. The number of fused-ring (bicyclic) bond motifs is 5. The smallest absolute Gasteiger partial charge is 0.0159 e. The first-order valence-corrected chi connectivity index (χ1v) is 9.62. The van der Waals surface area contributed by atoms with E-state index in [-0.39, 0.29) is 5.41 Å². The molecule has 0 spiro atoms. The highest BCUT2D eigenvalue weighted by molar-refractivity contribution is 6.08. The van der Waals surface area contributed by atoms with Crippen molar-refractivity contribution in [3.63, 3.8) is 0 Å². The Morgan fingerprint density at radius 3 is 2.41 bits per heavy atom. The van der Waals surface area contributed by atoms with Crippen LogP contribution in [0.25, 0.3) is 27.5 Å². The lowest BCUT2D eigenvalue weighted by molar-refractivity contribution is 0.660. The number of benzene rings is 3.